The number of nitrogens with zero attached hydrogens (tertiary/aromatic N) is 1. The number of hydrogen-bond acceptors (Lipinski definition) is 5. The molecule has 2 rings (SSSR count). The standard InChI is InChI=1S/C18H29N3O3S/c1-3-19-18(21-13-15-5-4-10-25-15)20-12-14-6-7-16(24-9-8-22)17(11-14)23-2/h6-7,11,15,22H,3-5,8-10,12-13H2,1-2H3,(H2,19,20,21). The third-order valence-corrected chi connectivity index (χ3v) is 5.26. The first-order chi connectivity index (χ1) is 12.3. The molecule has 0 saturated carbocycles. The van der Waals surface area contributed by atoms with Gasteiger partial charge in [0.15, 0.2) is 17.5 Å². The second-order valence-corrected chi connectivity index (χ2v) is 7.18. The van der Waals surface area contributed by atoms with E-state index in [9.17, 15) is 0 Å². The molecule has 1 saturated heterocycles. The van der Waals surface area contributed by atoms with Crippen molar-refractivity contribution >= 4 is 17.7 Å². The van der Waals surface area contributed by atoms with Crippen LogP contribution in [0.3, 0.4) is 0 Å². The summed E-state index contributed by atoms with van der Waals surface area (Å²) in [5.74, 6) is 3.40. The maximum absolute atomic E-state index is 8.87. The van der Waals surface area contributed by atoms with Gasteiger partial charge in [0.1, 0.15) is 6.61 Å². The summed E-state index contributed by atoms with van der Waals surface area (Å²) in [4.78, 5) is 4.66. The Morgan fingerprint density at radius 3 is 2.92 bits per heavy atom. The van der Waals surface area contributed by atoms with Crippen molar-refractivity contribution < 1.29 is 14.6 Å². The van der Waals surface area contributed by atoms with Crippen molar-refractivity contribution in [2.75, 3.05) is 39.2 Å². The van der Waals surface area contributed by atoms with Gasteiger partial charge < -0.3 is 25.2 Å². The largest absolute Gasteiger partial charge is 0.493 e. The van der Waals surface area contributed by atoms with E-state index in [-0.39, 0.29) is 13.2 Å². The summed E-state index contributed by atoms with van der Waals surface area (Å²) < 4.78 is 10.8. The van der Waals surface area contributed by atoms with Gasteiger partial charge >= 0.3 is 0 Å². The van der Waals surface area contributed by atoms with Crippen LogP contribution in [0.2, 0.25) is 0 Å². The molecule has 1 unspecified atom stereocenters. The molecule has 7 heteroatoms. The summed E-state index contributed by atoms with van der Waals surface area (Å²) in [6, 6.07) is 5.75. The highest BCUT2D eigenvalue weighted by Gasteiger charge is 2.15. The van der Waals surface area contributed by atoms with Crippen molar-refractivity contribution in [3.63, 3.8) is 0 Å². The predicted molar refractivity (Wildman–Crippen MR) is 104 cm³/mol. The summed E-state index contributed by atoms with van der Waals surface area (Å²) in [6.45, 7) is 4.64. The van der Waals surface area contributed by atoms with Crippen LogP contribution in [0.4, 0.5) is 0 Å². The lowest BCUT2D eigenvalue weighted by Crippen LogP contribution is -2.40. The number of benzene rings is 1. The Balaban J connectivity index is 1.95. The van der Waals surface area contributed by atoms with Gasteiger partial charge in [0.05, 0.1) is 20.3 Å². The Morgan fingerprint density at radius 1 is 1.36 bits per heavy atom. The molecule has 6 nitrogen and oxygen atoms in total. The lowest BCUT2D eigenvalue weighted by molar-refractivity contribution is 0.196. The van der Waals surface area contributed by atoms with Gasteiger partial charge in [0, 0.05) is 18.3 Å². The summed E-state index contributed by atoms with van der Waals surface area (Å²) >= 11 is 2.04. The minimum absolute atomic E-state index is 0.0216. The SMILES string of the molecule is CCNC(=NCc1ccc(OCCO)c(OC)c1)NCC1CCCS1. The van der Waals surface area contributed by atoms with Gasteiger partial charge in [-0.3, -0.25) is 0 Å². The fourth-order valence-corrected chi connectivity index (χ4v) is 3.81. The topological polar surface area (TPSA) is 75.1 Å². The molecule has 1 aliphatic heterocycles. The summed E-state index contributed by atoms with van der Waals surface area (Å²) in [7, 11) is 1.61. The predicted octanol–water partition coefficient (Wildman–Crippen LogP) is 2.02. The number of aliphatic hydroxyl groups is 1. The van der Waals surface area contributed by atoms with Gasteiger partial charge in [-0.1, -0.05) is 6.07 Å². The number of thioether (sulfide) groups is 1. The summed E-state index contributed by atoms with van der Waals surface area (Å²) in [5, 5.41) is 16.3. The molecule has 3 N–H and O–H groups in total. The lowest BCUT2D eigenvalue weighted by atomic mass is 10.2. The van der Waals surface area contributed by atoms with Gasteiger partial charge in [-0.2, -0.15) is 11.8 Å². The number of nitrogens with one attached hydrogen (secondary N) is 2. The van der Waals surface area contributed by atoms with E-state index in [1.54, 1.807) is 7.11 Å². The monoisotopic (exact) mass is 367 g/mol. The molecule has 1 aromatic rings. The average molecular weight is 368 g/mol. The van der Waals surface area contributed by atoms with Crippen molar-refractivity contribution in [1.82, 2.24) is 10.6 Å². The third kappa shape index (κ3) is 6.66. The second-order valence-electron chi connectivity index (χ2n) is 5.77. The minimum atomic E-state index is -0.0216. The first-order valence-electron chi connectivity index (χ1n) is 8.81. The highest BCUT2D eigenvalue weighted by atomic mass is 32.2. The lowest BCUT2D eigenvalue weighted by Gasteiger charge is -2.15. The van der Waals surface area contributed by atoms with E-state index in [4.69, 9.17) is 14.6 Å². The highest BCUT2D eigenvalue weighted by molar-refractivity contribution is 8.00. The normalized spacial score (nSPS) is 17.4. The number of aliphatic hydroxyl groups excluding tert-OH is 1. The fraction of sp³-hybridized carbons (Fsp3) is 0.611. The van der Waals surface area contributed by atoms with Gasteiger partial charge in [0.2, 0.25) is 0 Å². The van der Waals surface area contributed by atoms with Crippen LogP contribution in [-0.4, -0.2) is 55.5 Å². The molecule has 1 aliphatic rings. The van der Waals surface area contributed by atoms with E-state index in [2.05, 4.69) is 22.5 Å². The van der Waals surface area contributed by atoms with E-state index < -0.39 is 0 Å². The van der Waals surface area contributed by atoms with Crippen LogP contribution in [-0.2, 0) is 6.54 Å². The quantitative estimate of drug-likeness (QED) is 0.458. The van der Waals surface area contributed by atoms with Gasteiger partial charge in [-0.25, -0.2) is 4.99 Å². The van der Waals surface area contributed by atoms with Gasteiger partial charge in [-0.15, -0.1) is 0 Å². The van der Waals surface area contributed by atoms with E-state index in [1.807, 2.05) is 30.0 Å². The molecule has 1 aromatic carbocycles. The molecule has 0 amide bonds. The van der Waals surface area contributed by atoms with E-state index in [0.29, 0.717) is 23.3 Å². The first-order valence-corrected chi connectivity index (χ1v) is 9.86. The Labute approximate surface area is 154 Å². The maximum Gasteiger partial charge on any atom is 0.191 e. The molecular weight excluding hydrogens is 338 g/mol. The zero-order chi connectivity index (χ0) is 17.9. The molecule has 0 aromatic heterocycles. The number of ether oxygens (including phenoxy) is 2. The van der Waals surface area contributed by atoms with Crippen LogP contribution in [0.25, 0.3) is 0 Å². The fourth-order valence-electron chi connectivity index (χ4n) is 2.61. The molecule has 0 radical (unpaired) electrons. The number of aliphatic imine (C=N–C) groups is 1. The van der Waals surface area contributed by atoms with Crippen LogP contribution in [0, 0.1) is 0 Å². The van der Waals surface area contributed by atoms with Crippen molar-refractivity contribution in [2.45, 2.75) is 31.6 Å². The molecule has 25 heavy (non-hydrogen) atoms. The second kappa shape index (κ2) is 11.1. The average Bonchev–Trinajstić information content (AvgIpc) is 3.16. The Bertz CT molecular complexity index is 548. The van der Waals surface area contributed by atoms with Gasteiger partial charge in [-0.05, 0) is 43.2 Å². The van der Waals surface area contributed by atoms with E-state index in [1.165, 1.54) is 18.6 Å². The summed E-state index contributed by atoms with van der Waals surface area (Å²) in [6.07, 6.45) is 2.60. The Hall–Kier alpha value is -1.60. The van der Waals surface area contributed by atoms with Crippen molar-refractivity contribution in [3.8, 4) is 11.5 Å². The molecule has 1 atom stereocenters. The Kier molecular flexibility index (Phi) is 8.76. The molecule has 0 aliphatic carbocycles. The molecule has 140 valence electrons. The van der Waals surface area contributed by atoms with Crippen LogP contribution >= 0.6 is 11.8 Å². The molecular formula is C18H29N3O3S. The molecule has 1 fully saturated rings. The van der Waals surface area contributed by atoms with Crippen molar-refractivity contribution in [1.29, 1.82) is 0 Å². The van der Waals surface area contributed by atoms with E-state index >= 15 is 0 Å². The first kappa shape index (κ1) is 19.7. The zero-order valence-electron chi connectivity index (χ0n) is 15.1. The van der Waals surface area contributed by atoms with Crippen LogP contribution in [0.5, 0.6) is 11.5 Å². The number of methoxy groups -OCH3 is 1. The smallest absolute Gasteiger partial charge is 0.191 e. The maximum atomic E-state index is 8.87. The van der Waals surface area contributed by atoms with Gasteiger partial charge in [0.25, 0.3) is 0 Å². The number of hydrogen-bond donors (Lipinski definition) is 3. The third-order valence-electron chi connectivity index (χ3n) is 3.86. The van der Waals surface area contributed by atoms with Crippen molar-refractivity contribution in [2.24, 2.45) is 4.99 Å². The Morgan fingerprint density at radius 2 is 2.24 bits per heavy atom. The van der Waals surface area contributed by atoms with E-state index in [0.717, 1.165) is 24.6 Å². The molecule has 0 bridgehead atoms. The van der Waals surface area contributed by atoms with Crippen LogP contribution < -0.4 is 20.1 Å². The number of guanidine groups is 1. The minimum Gasteiger partial charge on any atom is -0.493 e. The number of rotatable bonds is 9. The summed E-state index contributed by atoms with van der Waals surface area (Å²) in [5.41, 5.74) is 1.04. The van der Waals surface area contributed by atoms with Crippen LogP contribution in [0.1, 0.15) is 25.3 Å². The van der Waals surface area contributed by atoms with Crippen LogP contribution in [0.15, 0.2) is 23.2 Å². The highest BCUT2D eigenvalue weighted by Crippen LogP contribution is 2.28. The molecule has 0 spiro atoms. The van der Waals surface area contributed by atoms with Crippen molar-refractivity contribution in [3.05, 3.63) is 23.8 Å². The molecule has 1 heterocycles. The zero-order valence-corrected chi connectivity index (χ0v) is 15.9.